The van der Waals surface area contributed by atoms with E-state index in [0.29, 0.717) is 12.3 Å². The van der Waals surface area contributed by atoms with Crippen LogP contribution in [-0.4, -0.2) is 26.7 Å². The molecule has 0 unspecified atom stereocenters. The smallest absolute Gasteiger partial charge is 0.261 e. The van der Waals surface area contributed by atoms with Gasteiger partial charge < -0.3 is 14.8 Å². The van der Waals surface area contributed by atoms with Crippen molar-refractivity contribution in [1.82, 2.24) is 5.32 Å². The van der Waals surface area contributed by atoms with E-state index >= 15 is 0 Å². The van der Waals surface area contributed by atoms with Crippen LogP contribution in [0.4, 0.5) is 0 Å². The Morgan fingerprint density at radius 1 is 1.08 bits per heavy atom. The van der Waals surface area contributed by atoms with Gasteiger partial charge in [-0.15, -0.1) is 11.3 Å². The van der Waals surface area contributed by atoms with Gasteiger partial charge in [0.25, 0.3) is 5.91 Å². The minimum Gasteiger partial charge on any atom is -0.493 e. The van der Waals surface area contributed by atoms with E-state index in [2.05, 4.69) is 11.4 Å². The van der Waals surface area contributed by atoms with E-state index in [0.717, 1.165) is 35.5 Å². The molecule has 0 saturated heterocycles. The van der Waals surface area contributed by atoms with E-state index in [9.17, 15) is 4.79 Å². The number of aryl methyl sites for hydroxylation is 2. The largest absolute Gasteiger partial charge is 0.493 e. The maximum absolute atomic E-state index is 12.4. The number of hydrogen-bond donors (Lipinski definition) is 1. The lowest BCUT2D eigenvalue weighted by Gasteiger charge is -2.10. The third-order valence-electron chi connectivity index (χ3n) is 4.62. The van der Waals surface area contributed by atoms with Crippen molar-refractivity contribution in [3.05, 3.63) is 45.1 Å². The van der Waals surface area contributed by atoms with E-state index in [4.69, 9.17) is 9.47 Å². The Hall–Kier alpha value is -2.01. The van der Waals surface area contributed by atoms with Gasteiger partial charge in [0, 0.05) is 11.4 Å². The Morgan fingerprint density at radius 3 is 2.68 bits per heavy atom. The van der Waals surface area contributed by atoms with Gasteiger partial charge >= 0.3 is 0 Å². The summed E-state index contributed by atoms with van der Waals surface area (Å²) in [6.07, 6.45) is 6.78. The number of methoxy groups -OCH3 is 2. The third-order valence-corrected chi connectivity index (χ3v) is 5.85. The highest BCUT2D eigenvalue weighted by Crippen LogP contribution is 2.29. The second-order valence-electron chi connectivity index (χ2n) is 6.31. The highest BCUT2D eigenvalue weighted by atomic mass is 32.1. The summed E-state index contributed by atoms with van der Waals surface area (Å²) in [6.45, 7) is 0.608. The quantitative estimate of drug-likeness (QED) is 0.793. The Kier molecular flexibility index (Phi) is 5.97. The fourth-order valence-electron chi connectivity index (χ4n) is 3.22. The minimum atomic E-state index is 0.0403. The molecule has 0 atom stereocenters. The standard InChI is InChI=1S/C20H25NO3S/c1-23-16-9-8-14(12-17(16)24-2)10-11-21-20(22)19-13-15-6-4-3-5-7-18(15)25-19/h8-9,12-13H,3-7,10-11H2,1-2H3,(H,21,22). The highest BCUT2D eigenvalue weighted by molar-refractivity contribution is 7.14. The molecule has 5 heteroatoms. The number of fused-ring (bicyclic) bond motifs is 1. The van der Waals surface area contributed by atoms with Crippen molar-refractivity contribution in [1.29, 1.82) is 0 Å². The van der Waals surface area contributed by atoms with Crippen LogP contribution in [0, 0.1) is 0 Å². The van der Waals surface area contributed by atoms with Gasteiger partial charge in [0.05, 0.1) is 19.1 Å². The summed E-state index contributed by atoms with van der Waals surface area (Å²) in [6, 6.07) is 7.95. The molecule has 1 aromatic carbocycles. The van der Waals surface area contributed by atoms with Crippen molar-refractivity contribution >= 4 is 17.2 Å². The van der Waals surface area contributed by atoms with Crippen LogP contribution in [0.25, 0.3) is 0 Å². The molecular formula is C20H25NO3S. The van der Waals surface area contributed by atoms with Gasteiger partial charge in [0.2, 0.25) is 0 Å². The molecule has 2 aromatic rings. The number of carbonyl (C=O) groups excluding carboxylic acids is 1. The summed E-state index contributed by atoms with van der Waals surface area (Å²) >= 11 is 1.67. The van der Waals surface area contributed by atoms with Crippen LogP contribution in [0.3, 0.4) is 0 Å². The Balaban J connectivity index is 1.56. The van der Waals surface area contributed by atoms with Crippen molar-refractivity contribution in [2.75, 3.05) is 20.8 Å². The fourth-order valence-corrected chi connectivity index (χ4v) is 4.39. The van der Waals surface area contributed by atoms with Gasteiger partial charge in [-0.2, -0.15) is 0 Å². The van der Waals surface area contributed by atoms with Crippen LogP contribution in [0.2, 0.25) is 0 Å². The summed E-state index contributed by atoms with van der Waals surface area (Å²) in [7, 11) is 3.25. The van der Waals surface area contributed by atoms with Crippen LogP contribution in [0.15, 0.2) is 24.3 Å². The molecule has 0 spiro atoms. The zero-order valence-electron chi connectivity index (χ0n) is 14.9. The van der Waals surface area contributed by atoms with Crippen molar-refractivity contribution in [3.8, 4) is 11.5 Å². The first kappa shape index (κ1) is 17.8. The molecule has 25 heavy (non-hydrogen) atoms. The van der Waals surface area contributed by atoms with Gasteiger partial charge in [0.1, 0.15) is 0 Å². The molecule has 1 aromatic heterocycles. The molecule has 0 radical (unpaired) electrons. The van der Waals surface area contributed by atoms with Crippen molar-refractivity contribution in [3.63, 3.8) is 0 Å². The van der Waals surface area contributed by atoms with Crippen molar-refractivity contribution in [2.45, 2.75) is 38.5 Å². The van der Waals surface area contributed by atoms with Crippen LogP contribution in [0.1, 0.15) is 44.9 Å². The highest BCUT2D eigenvalue weighted by Gasteiger charge is 2.16. The predicted molar refractivity (Wildman–Crippen MR) is 101 cm³/mol. The van der Waals surface area contributed by atoms with Crippen molar-refractivity contribution < 1.29 is 14.3 Å². The summed E-state index contributed by atoms with van der Waals surface area (Å²) in [5.74, 6) is 1.47. The predicted octanol–water partition coefficient (Wildman–Crippen LogP) is 4.01. The second-order valence-corrected chi connectivity index (χ2v) is 7.45. The average molecular weight is 359 g/mol. The fraction of sp³-hybridized carbons (Fsp3) is 0.450. The first-order valence-electron chi connectivity index (χ1n) is 8.82. The van der Waals surface area contributed by atoms with Gasteiger partial charge in [-0.25, -0.2) is 0 Å². The van der Waals surface area contributed by atoms with Gasteiger partial charge in [-0.05, 0) is 61.4 Å². The number of hydrogen-bond acceptors (Lipinski definition) is 4. The topological polar surface area (TPSA) is 47.6 Å². The Labute approximate surface area is 153 Å². The van der Waals surface area contributed by atoms with Crippen LogP contribution >= 0.6 is 11.3 Å². The van der Waals surface area contributed by atoms with Gasteiger partial charge in [-0.3, -0.25) is 4.79 Å². The van der Waals surface area contributed by atoms with E-state index in [1.807, 2.05) is 18.2 Å². The lowest BCUT2D eigenvalue weighted by atomic mass is 10.1. The first-order valence-corrected chi connectivity index (χ1v) is 9.63. The average Bonchev–Trinajstić information content (AvgIpc) is 2.92. The number of nitrogens with one attached hydrogen (secondary N) is 1. The summed E-state index contributed by atoms with van der Waals surface area (Å²) < 4.78 is 10.6. The maximum atomic E-state index is 12.4. The molecule has 1 N–H and O–H groups in total. The molecule has 134 valence electrons. The normalized spacial score (nSPS) is 13.7. The van der Waals surface area contributed by atoms with Crippen molar-refractivity contribution in [2.24, 2.45) is 0 Å². The number of benzene rings is 1. The van der Waals surface area contributed by atoms with Gasteiger partial charge in [-0.1, -0.05) is 12.5 Å². The second kappa shape index (κ2) is 8.39. The number of rotatable bonds is 6. The lowest BCUT2D eigenvalue weighted by molar-refractivity contribution is 0.0958. The van der Waals surface area contributed by atoms with Gasteiger partial charge in [0.15, 0.2) is 11.5 Å². The van der Waals surface area contributed by atoms with Crippen LogP contribution in [-0.2, 0) is 19.3 Å². The van der Waals surface area contributed by atoms with E-state index in [1.54, 1.807) is 25.6 Å². The number of carbonyl (C=O) groups is 1. The molecule has 1 amide bonds. The lowest BCUT2D eigenvalue weighted by Crippen LogP contribution is -2.24. The zero-order chi connectivity index (χ0) is 17.6. The molecule has 4 nitrogen and oxygen atoms in total. The van der Waals surface area contributed by atoms with E-state index in [-0.39, 0.29) is 5.91 Å². The SMILES string of the molecule is COc1ccc(CCNC(=O)c2cc3c(s2)CCCCC3)cc1OC. The molecule has 3 rings (SSSR count). The number of amides is 1. The van der Waals surface area contributed by atoms with Crippen LogP contribution in [0.5, 0.6) is 11.5 Å². The number of thiophene rings is 1. The Morgan fingerprint density at radius 2 is 1.88 bits per heavy atom. The summed E-state index contributed by atoms with van der Waals surface area (Å²) in [4.78, 5) is 14.7. The molecule has 0 bridgehead atoms. The molecule has 1 heterocycles. The monoisotopic (exact) mass is 359 g/mol. The third kappa shape index (κ3) is 4.34. The molecule has 1 aliphatic rings. The maximum Gasteiger partial charge on any atom is 0.261 e. The summed E-state index contributed by atoms with van der Waals surface area (Å²) in [5.41, 5.74) is 2.49. The molecular weight excluding hydrogens is 334 g/mol. The molecule has 0 aliphatic heterocycles. The molecule has 1 aliphatic carbocycles. The van der Waals surface area contributed by atoms with Crippen LogP contribution < -0.4 is 14.8 Å². The number of ether oxygens (including phenoxy) is 2. The minimum absolute atomic E-state index is 0.0403. The van der Waals surface area contributed by atoms with E-state index < -0.39 is 0 Å². The zero-order valence-corrected chi connectivity index (χ0v) is 15.7. The van der Waals surface area contributed by atoms with E-state index in [1.165, 1.54) is 29.7 Å². The molecule has 0 saturated carbocycles. The first-order chi connectivity index (χ1) is 12.2. The Bertz CT molecular complexity index is 715. The molecule has 0 fully saturated rings. The summed E-state index contributed by atoms with van der Waals surface area (Å²) in [5, 5.41) is 3.04.